The summed E-state index contributed by atoms with van der Waals surface area (Å²) in [5.41, 5.74) is 0.251. The predicted octanol–water partition coefficient (Wildman–Crippen LogP) is 0.777. The van der Waals surface area contributed by atoms with Crippen molar-refractivity contribution in [2.45, 2.75) is 19.8 Å². The van der Waals surface area contributed by atoms with Gasteiger partial charge in [0.25, 0.3) is 5.56 Å². The van der Waals surface area contributed by atoms with Crippen LogP contribution >= 0.6 is 0 Å². The second-order valence-electron chi connectivity index (χ2n) is 4.12. The van der Waals surface area contributed by atoms with E-state index in [-0.39, 0.29) is 23.1 Å². The Morgan fingerprint density at radius 2 is 2.22 bits per heavy atom. The summed E-state index contributed by atoms with van der Waals surface area (Å²) in [6.45, 7) is 3.84. The van der Waals surface area contributed by atoms with Gasteiger partial charge in [0.05, 0.1) is 5.69 Å². The van der Waals surface area contributed by atoms with Gasteiger partial charge >= 0.3 is 5.97 Å². The van der Waals surface area contributed by atoms with E-state index in [1.165, 1.54) is 23.2 Å². The summed E-state index contributed by atoms with van der Waals surface area (Å²) in [7, 11) is 0. The molecule has 2 N–H and O–H groups in total. The highest BCUT2D eigenvalue weighted by molar-refractivity contribution is 5.85. The summed E-state index contributed by atoms with van der Waals surface area (Å²) < 4.78 is 1.37. The van der Waals surface area contributed by atoms with Gasteiger partial charge in [0, 0.05) is 12.3 Å². The van der Waals surface area contributed by atoms with Crippen molar-refractivity contribution < 1.29 is 9.90 Å². The van der Waals surface area contributed by atoms with E-state index < -0.39 is 5.97 Å². The summed E-state index contributed by atoms with van der Waals surface area (Å²) >= 11 is 0. The van der Waals surface area contributed by atoms with E-state index >= 15 is 0 Å². The van der Waals surface area contributed by atoms with Gasteiger partial charge in [-0.05, 0) is 5.92 Å². The number of carbonyl (C=O) groups is 1. The normalized spacial score (nSPS) is 10.8. The van der Waals surface area contributed by atoms with E-state index in [4.69, 9.17) is 5.11 Å². The number of nitrogens with one attached hydrogen (secondary N) is 1. The summed E-state index contributed by atoms with van der Waals surface area (Å²) in [6.07, 6.45) is 2.59. The largest absolute Gasteiger partial charge is 0.476 e. The molecule has 2 heterocycles. The molecule has 0 aliphatic carbocycles. The molecule has 0 amide bonds. The molecular formula is C11H12N4O3. The lowest BCUT2D eigenvalue weighted by molar-refractivity contribution is 0.0691. The fourth-order valence-electron chi connectivity index (χ4n) is 1.43. The van der Waals surface area contributed by atoms with Gasteiger partial charge in [0.1, 0.15) is 6.33 Å². The fourth-order valence-corrected chi connectivity index (χ4v) is 1.43. The molecular weight excluding hydrogens is 236 g/mol. The zero-order valence-electron chi connectivity index (χ0n) is 9.91. The number of nitrogens with zero attached hydrogens (tertiary/aromatic N) is 3. The van der Waals surface area contributed by atoms with Gasteiger partial charge in [-0.3, -0.25) is 14.3 Å². The van der Waals surface area contributed by atoms with Gasteiger partial charge in [-0.25, -0.2) is 14.8 Å². The topological polar surface area (TPSA) is 101 Å². The fraction of sp³-hybridized carbons (Fsp3) is 0.273. The van der Waals surface area contributed by atoms with E-state index in [0.29, 0.717) is 5.69 Å². The molecule has 0 unspecified atom stereocenters. The Morgan fingerprint density at radius 3 is 2.78 bits per heavy atom. The molecule has 0 saturated carbocycles. The standard InChI is InChI=1S/C11H12N4O3/c1-6(2)7-3-9(16)14-11(13-7)15-4-8(10(17)18)12-5-15/h3-6H,1-2H3,(H,17,18)(H,13,14,16). The van der Waals surface area contributed by atoms with Gasteiger partial charge in [0.15, 0.2) is 5.69 Å². The van der Waals surface area contributed by atoms with Gasteiger partial charge in [-0.2, -0.15) is 0 Å². The number of carboxylic acids is 1. The van der Waals surface area contributed by atoms with Crippen molar-refractivity contribution in [3.63, 3.8) is 0 Å². The van der Waals surface area contributed by atoms with Crippen molar-refractivity contribution >= 4 is 5.97 Å². The molecule has 0 atom stereocenters. The quantitative estimate of drug-likeness (QED) is 0.835. The minimum absolute atomic E-state index is 0.104. The van der Waals surface area contributed by atoms with E-state index in [1.54, 1.807) is 0 Å². The number of hydrogen-bond donors (Lipinski definition) is 2. The summed E-state index contributed by atoms with van der Waals surface area (Å²) in [5, 5.41) is 8.77. The predicted molar refractivity (Wildman–Crippen MR) is 63.0 cm³/mol. The van der Waals surface area contributed by atoms with Crippen molar-refractivity contribution in [2.75, 3.05) is 0 Å². The molecule has 18 heavy (non-hydrogen) atoms. The highest BCUT2D eigenvalue weighted by Gasteiger charge is 2.10. The lowest BCUT2D eigenvalue weighted by Gasteiger charge is -2.06. The lowest BCUT2D eigenvalue weighted by Crippen LogP contribution is -2.14. The lowest BCUT2D eigenvalue weighted by atomic mass is 10.1. The first-order valence-electron chi connectivity index (χ1n) is 5.36. The van der Waals surface area contributed by atoms with Gasteiger partial charge in [-0.1, -0.05) is 13.8 Å². The third-order valence-electron chi connectivity index (χ3n) is 2.39. The average molecular weight is 248 g/mol. The molecule has 0 aromatic carbocycles. The Balaban J connectivity index is 2.49. The highest BCUT2D eigenvalue weighted by Crippen LogP contribution is 2.10. The number of H-pyrrole nitrogens is 1. The maximum Gasteiger partial charge on any atom is 0.356 e. The van der Waals surface area contributed by atoms with Crippen molar-refractivity contribution in [2.24, 2.45) is 0 Å². The van der Waals surface area contributed by atoms with Crippen LogP contribution in [0.1, 0.15) is 35.9 Å². The van der Waals surface area contributed by atoms with Crippen LogP contribution in [-0.4, -0.2) is 30.6 Å². The molecule has 0 radical (unpaired) electrons. The first-order valence-corrected chi connectivity index (χ1v) is 5.36. The van der Waals surface area contributed by atoms with Crippen molar-refractivity contribution in [1.82, 2.24) is 19.5 Å². The Hall–Kier alpha value is -2.44. The molecule has 2 rings (SSSR count). The number of imidazole rings is 1. The summed E-state index contributed by atoms with van der Waals surface area (Å²) in [6, 6.07) is 1.42. The SMILES string of the molecule is CC(C)c1cc(=O)[nH]c(-n2cnc(C(=O)O)c2)n1. The molecule has 94 valence electrons. The van der Waals surface area contributed by atoms with Crippen LogP contribution in [0.2, 0.25) is 0 Å². The van der Waals surface area contributed by atoms with E-state index in [9.17, 15) is 9.59 Å². The first-order chi connectivity index (χ1) is 8.47. The highest BCUT2D eigenvalue weighted by atomic mass is 16.4. The summed E-state index contributed by atoms with van der Waals surface area (Å²) in [4.78, 5) is 32.7. The van der Waals surface area contributed by atoms with E-state index in [1.807, 2.05) is 13.8 Å². The average Bonchev–Trinajstić information content (AvgIpc) is 2.77. The molecule has 0 fully saturated rings. The van der Waals surface area contributed by atoms with Crippen LogP contribution in [0.5, 0.6) is 0 Å². The minimum atomic E-state index is -1.13. The molecule has 7 heteroatoms. The van der Waals surface area contributed by atoms with Crippen molar-refractivity contribution in [3.8, 4) is 5.95 Å². The van der Waals surface area contributed by atoms with Crippen LogP contribution < -0.4 is 5.56 Å². The van der Waals surface area contributed by atoms with Gasteiger partial charge in [-0.15, -0.1) is 0 Å². The number of carboxylic acid groups (broad SMARTS) is 1. The van der Waals surface area contributed by atoms with Crippen molar-refractivity contribution in [1.29, 1.82) is 0 Å². The molecule has 2 aromatic rings. The molecule has 0 spiro atoms. The molecule has 7 nitrogen and oxygen atoms in total. The van der Waals surface area contributed by atoms with Crippen LogP contribution in [0, 0.1) is 0 Å². The Kier molecular flexibility index (Phi) is 2.97. The monoisotopic (exact) mass is 248 g/mol. The number of hydrogen-bond acceptors (Lipinski definition) is 4. The molecule has 0 aliphatic rings. The summed E-state index contributed by atoms with van der Waals surface area (Å²) in [5.74, 6) is -0.768. The Morgan fingerprint density at radius 1 is 1.50 bits per heavy atom. The molecule has 0 saturated heterocycles. The van der Waals surface area contributed by atoms with E-state index in [2.05, 4.69) is 15.0 Å². The molecule has 0 bridgehead atoms. The van der Waals surface area contributed by atoms with Gasteiger partial charge < -0.3 is 5.11 Å². The second-order valence-corrected chi connectivity index (χ2v) is 4.12. The first kappa shape index (κ1) is 12.0. The van der Waals surface area contributed by atoms with E-state index in [0.717, 1.165) is 0 Å². The van der Waals surface area contributed by atoms with Crippen LogP contribution in [0.25, 0.3) is 5.95 Å². The number of rotatable bonds is 3. The van der Waals surface area contributed by atoms with Crippen LogP contribution in [0.15, 0.2) is 23.4 Å². The van der Waals surface area contributed by atoms with Crippen LogP contribution in [0.4, 0.5) is 0 Å². The van der Waals surface area contributed by atoms with Crippen LogP contribution in [-0.2, 0) is 0 Å². The molecule has 0 aliphatic heterocycles. The maximum absolute atomic E-state index is 11.5. The zero-order valence-corrected chi connectivity index (χ0v) is 9.91. The van der Waals surface area contributed by atoms with Gasteiger partial charge in [0.2, 0.25) is 5.95 Å². The number of aromatic nitrogens is 4. The third kappa shape index (κ3) is 2.29. The third-order valence-corrected chi connectivity index (χ3v) is 2.39. The maximum atomic E-state index is 11.5. The number of aromatic carboxylic acids is 1. The Labute approximate surface area is 102 Å². The van der Waals surface area contributed by atoms with Crippen LogP contribution in [0.3, 0.4) is 0 Å². The van der Waals surface area contributed by atoms with Crippen molar-refractivity contribution in [3.05, 3.63) is 40.3 Å². The number of aromatic amines is 1. The smallest absolute Gasteiger partial charge is 0.356 e. The second kappa shape index (κ2) is 4.44. The zero-order chi connectivity index (χ0) is 13.3. The minimum Gasteiger partial charge on any atom is -0.476 e. The molecule has 2 aromatic heterocycles. The Bertz CT molecular complexity index is 642.